The normalized spacial score (nSPS) is 17.5. The third-order valence-electron chi connectivity index (χ3n) is 3.00. The molecule has 0 aromatic carbocycles. The SMILES string of the molecule is CCCC1(Nc2ccc(Br)c(C)n2)CC1. The van der Waals surface area contributed by atoms with Crippen LogP contribution in [0, 0.1) is 6.92 Å². The zero-order valence-electron chi connectivity index (χ0n) is 9.31. The fourth-order valence-corrected chi connectivity index (χ4v) is 2.17. The minimum absolute atomic E-state index is 0.363. The molecule has 1 aliphatic carbocycles. The van der Waals surface area contributed by atoms with Crippen molar-refractivity contribution < 1.29 is 0 Å². The first-order chi connectivity index (χ1) is 7.15. The van der Waals surface area contributed by atoms with E-state index in [1.54, 1.807) is 0 Å². The van der Waals surface area contributed by atoms with E-state index in [1.165, 1.54) is 25.7 Å². The van der Waals surface area contributed by atoms with Gasteiger partial charge in [-0.15, -0.1) is 0 Å². The van der Waals surface area contributed by atoms with Gasteiger partial charge in [0.15, 0.2) is 0 Å². The molecule has 15 heavy (non-hydrogen) atoms. The second kappa shape index (κ2) is 4.12. The molecule has 2 rings (SSSR count). The quantitative estimate of drug-likeness (QED) is 0.896. The van der Waals surface area contributed by atoms with Crippen molar-refractivity contribution in [3.8, 4) is 0 Å². The predicted octanol–water partition coefficient (Wildman–Crippen LogP) is 3.90. The van der Waals surface area contributed by atoms with Crippen LogP contribution in [0.3, 0.4) is 0 Å². The largest absolute Gasteiger partial charge is 0.365 e. The van der Waals surface area contributed by atoms with Crippen LogP contribution in [0.5, 0.6) is 0 Å². The molecule has 1 aromatic rings. The Morgan fingerprint density at radius 3 is 2.73 bits per heavy atom. The molecule has 3 heteroatoms. The van der Waals surface area contributed by atoms with Gasteiger partial charge >= 0.3 is 0 Å². The van der Waals surface area contributed by atoms with Gasteiger partial charge in [0.2, 0.25) is 0 Å². The molecule has 0 saturated heterocycles. The molecule has 1 N–H and O–H groups in total. The first kappa shape index (κ1) is 10.9. The van der Waals surface area contributed by atoms with Crippen molar-refractivity contribution in [2.24, 2.45) is 0 Å². The summed E-state index contributed by atoms with van der Waals surface area (Å²) in [6, 6.07) is 4.11. The lowest BCUT2D eigenvalue weighted by Gasteiger charge is -2.17. The number of rotatable bonds is 4. The van der Waals surface area contributed by atoms with Crippen LogP contribution in [-0.2, 0) is 0 Å². The van der Waals surface area contributed by atoms with Gasteiger partial charge < -0.3 is 5.32 Å². The van der Waals surface area contributed by atoms with E-state index >= 15 is 0 Å². The van der Waals surface area contributed by atoms with Crippen molar-refractivity contribution in [1.82, 2.24) is 4.98 Å². The summed E-state index contributed by atoms with van der Waals surface area (Å²) in [5.41, 5.74) is 1.41. The zero-order valence-corrected chi connectivity index (χ0v) is 10.9. The number of aryl methyl sites for hydroxylation is 1. The van der Waals surface area contributed by atoms with Gasteiger partial charge in [0.1, 0.15) is 5.82 Å². The highest BCUT2D eigenvalue weighted by Crippen LogP contribution is 2.42. The zero-order chi connectivity index (χ0) is 10.9. The molecule has 0 aliphatic heterocycles. The molecule has 2 nitrogen and oxygen atoms in total. The van der Waals surface area contributed by atoms with Gasteiger partial charge in [-0.3, -0.25) is 0 Å². The third-order valence-corrected chi connectivity index (χ3v) is 3.83. The highest BCUT2D eigenvalue weighted by molar-refractivity contribution is 9.10. The second-order valence-electron chi connectivity index (χ2n) is 4.42. The summed E-state index contributed by atoms with van der Waals surface area (Å²) in [5, 5.41) is 3.57. The van der Waals surface area contributed by atoms with Gasteiger partial charge in [-0.05, 0) is 54.2 Å². The molecule has 1 heterocycles. The topological polar surface area (TPSA) is 24.9 Å². The number of hydrogen-bond acceptors (Lipinski definition) is 2. The van der Waals surface area contributed by atoms with Crippen LogP contribution in [-0.4, -0.2) is 10.5 Å². The summed E-state index contributed by atoms with van der Waals surface area (Å²) in [5.74, 6) is 1.02. The maximum absolute atomic E-state index is 4.52. The van der Waals surface area contributed by atoms with Crippen LogP contribution >= 0.6 is 15.9 Å². The Hall–Kier alpha value is -0.570. The molecule has 82 valence electrons. The lowest BCUT2D eigenvalue weighted by molar-refractivity contribution is 0.636. The Bertz CT molecular complexity index is 359. The summed E-state index contributed by atoms with van der Waals surface area (Å²) >= 11 is 3.47. The Morgan fingerprint density at radius 2 is 2.20 bits per heavy atom. The molecule has 0 spiro atoms. The summed E-state index contributed by atoms with van der Waals surface area (Å²) < 4.78 is 1.08. The van der Waals surface area contributed by atoms with E-state index in [2.05, 4.69) is 39.2 Å². The number of pyridine rings is 1. The molecule has 1 aromatic heterocycles. The van der Waals surface area contributed by atoms with E-state index in [0.29, 0.717) is 5.54 Å². The van der Waals surface area contributed by atoms with Crippen molar-refractivity contribution in [3.05, 3.63) is 22.3 Å². The fourth-order valence-electron chi connectivity index (χ4n) is 1.95. The van der Waals surface area contributed by atoms with Crippen LogP contribution in [0.4, 0.5) is 5.82 Å². The number of nitrogens with zero attached hydrogens (tertiary/aromatic N) is 1. The van der Waals surface area contributed by atoms with Gasteiger partial charge in [0.25, 0.3) is 0 Å². The van der Waals surface area contributed by atoms with Crippen molar-refractivity contribution in [2.75, 3.05) is 5.32 Å². The number of anilines is 1. The van der Waals surface area contributed by atoms with E-state index < -0.39 is 0 Å². The second-order valence-corrected chi connectivity index (χ2v) is 5.27. The molecule has 0 amide bonds. The van der Waals surface area contributed by atoms with Crippen molar-refractivity contribution in [3.63, 3.8) is 0 Å². The molecule has 1 fully saturated rings. The Balaban J connectivity index is 2.08. The maximum atomic E-state index is 4.52. The summed E-state index contributed by atoms with van der Waals surface area (Å²) in [6.45, 7) is 4.26. The number of nitrogens with one attached hydrogen (secondary N) is 1. The number of hydrogen-bond donors (Lipinski definition) is 1. The minimum Gasteiger partial charge on any atom is -0.365 e. The van der Waals surface area contributed by atoms with Gasteiger partial charge in [0, 0.05) is 10.0 Å². The number of aromatic nitrogens is 1. The van der Waals surface area contributed by atoms with E-state index in [9.17, 15) is 0 Å². The molecular formula is C12H17BrN2. The van der Waals surface area contributed by atoms with Gasteiger partial charge in [0.05, 0.1) is 5.69 Å². The standard InChI is InChI=1S/C12H17BrN2/c1-3-6-12(7-8-12)15-11-5-4-10(13)9(2)14-11/h4-5H,3,6-8H2,1-2H3,(H,14,15). The molecule has 0 bridgehead atoms. The van der Waals surface area contributed by atoms with Crippen LogP contribution in [0.15, 0.2) is 16.6 Å². The maximum Gasteiger partial charge on any atom is 0.126 e. The van der Waals surface area contributed by atoms with E-state index in [4.69, 9.17) is 0 Å². The van der Waals surface area contributed by atoms with Gasteiger partial charge in [-0.2, -0.15) is 0 Å². The smallest absolute Gasteiger partial charge is 0.126 e. The van der Waals surface area contributed by atoms with Crippen molar-refractivity contribution >= 4 is 21.7 Å². The lowest BCUT2D eigenvalue weighted by Crippen LogP contribution is -2.21. The fraction of sp³-hybridized carbons (Fsp3) is 0.583. The van der Waals surface area contributed by atoms with Gasteiger partial charge in [-0.25, -0.2) is 4.98 Å². The summed E-state index contributed by atoms with van der Waals surface area (Å²) in [7, 11) is 0. The highest BCUT2D eigenvalue weighted by Gasteiger charge is 2.41. The third kappa shape index (κ3) is 2.51. The van der Waals surface area contributed by atoms with Crippen LogP contribution < -0.4 is 5.32 Å². The average molecular weight is 269 g/mol. The van der Waals surface area contributed by atoms with Gasteiger partial charge in [-0.1, -0.05) is 13.3 Å². The van der Waals surface area contributed by atoms with Crippen LogP contribution in [0.2, 0.25) is 0 Å². The Kier molecular flexibility index (Phi) is 3.01. The molecule has 0 unspecified atom stereocenters. The predicted molar refractivity (Wildman–Crippen MR) is 67.2 cm³/mol. The van der Waals surface area contributed by atoms with Crippen LogP contribution in [0.25, 0.3) is 0 Å². The van der Waals surface area contributed by atoms with E-state index in [1.807, 2.05) is 13.0 Å². The lowest BCUT2D eigenvalue weighted by atomic mass is 10.1. The summed E-state index contributed by atoms with van der Waals surface area (Å²) in [4.78, 5) is 4.52. The first-order valence-corrected chi connectivity index (χ1v) is 6.36. The van der Waals surface area contributed by atoms with Crippen LogP contribution in [0.1, 0.15) is 38.3 Å². The average Bonchev–Trinajstić information content (AvgIpc) is 2.92. The minimum atomic E-state index is 0.363. The molecule has 0 atom stereocenters. The molecule has 1 aliphatic rings. The Morgan fingerprint density at radius 1 is 1.47 bits per heavy atom. The first-order valence-electron chi connectivity index (χ1n) is 5.56. The molecule has 0 radical (unpaired) electrons. The monoisotopic (exact) mass is 268 g/mol. The molecule has 1 saturated carbocycles. The summed E-state index contributed by atoms with van der Waals surface area (Å²) in [6.07, 6.45) is 5.07. The van der Waals surface area contributed by atoms with Crippen molar-refractivity contribution in [1.29, 1.82) is 0 Å². The van der Waals surface area contributed by atoms with E-state index in [0.717, 1.165) is 16.0 Å². The number of halogens is 1. The highest BCUT2D eigenvalue weighted by atomic mass is 79.9. The van der Waals surface area contributed by atoms with E-state index in [-0.39, 0.29) is 0 Å². The molecular weight excluding hydrogens is 252 g/mol. The Labute approximate surface area is 99.6 Å². The van der Waals surface area contributed by atoms with Crippen molar-refractivity contribution in [2.45, 2.75) is 45.1 Å².